The molecule has 0 saturated carbocycles. The molecule has 0 aromatic heterocycles. The molecular formula is C17H32O2Si. The molecule has 0 aromatic rings. The molecule has 1 fully saturated rings. The van der Waals surface area contributed by atoms with Crippen molar-refractivity contribution < 1.29 is 9.47 Å². The highest BCUT2D eigenvalue weighted by molar-refractivity contribution is 6.85. The molecule has 0 spiro atoms. The van der Waals surface area contributed by atoms with E-state index in [1.807, 2.05) is 0 Å². The van der Waals surface area contributed by atoms with Gasteiger partial charge < -0.3 is 9.47 Å². The monoisotopic (exact) mass is 296 g/mol. The number of ether oxygens (including phenoxy) is 2. The Hall–Kier alpha value is -0.383. The second-order valence-electron chi connectivity index (χ2n) is 6.94. The fraction of sp³-hybridized carbons (Fsp3) is 0.765. The molecule has 2 nitrogen and oxygen atoms in total. The van der Waals surface area contributed by atoms with Gasteiger partial charge in [-0.2, -0.15) is 0 Å². The smallest absolute Gasteiger partial charge is 0.104 e. The number of epoxide rings is 1. The first-order valence-electron chi connectivity index (χ1n) is 7.84. The summed E-state index contributed by atoms with van der Waals surface area (Å²) in [6, 6.07) is 2.56. The Labute approximate surface area is 126 Å². The molecule has 3 heteroatoms. The van der Waals surface area contributed by atoms with Gasteiger partial charge in [-0.25, -0.2) is 0 Å². The first kappa shape index (κ1) is 17.7. The molecular weight excluding hydrogens is 264 g/mol. The van der Waals surface area contributed by atoms with E-state index in [-0.39, 0.29) is 5.60 Å². The van der Waals surface area contributed by atoms with E-state index in [0.29, 0.717) is 12.7 Å². The Balaban J connectivity index is 2.88. The number of allylic oxidation sites excluding steroid dienone is 2. The lowest BCUT2D eigenvalue weighted by Crippen LogP contribution is -2.35. The first-order chi connectivity index (χ1) is 9.22. The summed E-state index contributed by atoms with van der Waals surface area (Å²) < 4.78 is 11.3. The predicted molar refractivity (Wildman–Crippen MR) is 89.9 cm³/mol. The molecule has 0 aliphatic carbocycles. The highest BCUT2D eigenvalue weighted by atomic mass is 28.3. The van der Waals surface area contributed by atoms with Crippen LogP contribution in [0.15, 0.2) is 23.4 Å². The third-order valence-electron chi connectivity index (χ3n) is 4.39. The minimum absolute atomic E-state index is 0.213. The number of hydrogen-bond acceptors (Lipinski definition) is 2. The number of hydrogen-bond donors (Lipinski definition) is 0. The van der Waals surface area contributed by atoms with Gasteiger partial charge in [0.05, 0.1) is 26.9 Å². The molecule has 1 heterocycles. The maximum Gasteiger partial charge on any atom is 0.104 e. The van der Waals surface area contributed by atoms with Crippen molar-refractivity contribution >= 4 is 8.07 Å². The van der Waals surface area contributed by atoms with Gasteiger partial charge in [0, 0.05) is 0 Å². The summed E-state index contributed by atoms with van der Waals surface area (Å²) in [5.41, 5.74) is 1.04. The summed E-state index contributed by atoms with van der Waals surface area (Å²) in [5, 5.41) is 1.59. The minimum Gasteiger partial charge on any atom is -0.371 e. The van der Waals surface area contributed by atoms with E-state index >= 15 is 0 Å². The van der Waals surface area contributed by atoms with Crippen molar-refractivity contribution in [1.29, 1.82) is 0 Å². The summed E-state index contributed by atoms with van der Waals surface area (Å²) in [4.78, 5) is 0. The van der Waals surface area contributed by atoms with Crippen LogP contribution in [0, 0.1) is 0 Å². The van der Waals surface area contributed by atoms with Gasteiger partial charge in [-0.05, 0) is 27.2 Å². The second-order valence-corrected chi connectivity index (χ2v) is 12.1. The van der Waals surface area contributed by atoms with Crippen LogP contribution in [-0.4, -0.2) is 33.0 Å². The Bertz CT molecular complexity index is 363. The van der Waals surface area contributed by atoms with Crippen LogP contribution < -0.4 is 0 Å². The van der Waals surface area contributed by atoms with Crippen LogP contribution in [0.2, 0.25) is 18.6 Å². The van der Waals surface area contributed by atoms with Crippen molar-refractivity contribution in [3.8, 4) is 0 Å². The van der Waals surface area contributed by atoms with Crippen LogP contribution in [0.5, 0.6) is 0 Å². The largest absolute Gasteiger partial charge is 0.371 e. The summed E-state index contributed by atoms with van der Waals surface area (Å²) in [6.45, 7) is 19.3. The quantitative estimate of drug-likeness (QED) is 0.348. The highest BCUT2D eigenvalue weighted by Gasteiger charge is 2.31. The zero-order valence-electron chi connectivity index (χ0n) is 14.2. The molecule has 0 amide bonds. The van der Waals surface area contributed by atoms with Gasteiger partial charge in [-0.3, -0.25) is 0 Å². The predicted octanol–water partition coefficient (Wildman–Crippen LogP) is 4.73. The van der Waals surface area contributed by atoms with Crippen LogP contribution in [0.1, 0.15) is 41.0 Å². The summed E-state index contributed by atoms with van der Waals surface area (Å²) in [7, 11) is -1.35. The molecule has 0 unspecified atom stereocenters. The Morgan fingerprint density at radius 3 is 2.35 bits per heavy atom. The molecule has 1 atom stereocenters. The van der Waals surface area contributed by atoms with E-state index in [0.717, 1.165) is 13.0 Å². The molecule has 1 rings (SSSR count). The van der Waals surface area contributed by atoms with Crippen molar-refractivity contribution in [3.05, 3.63) is 23.4 Å². The van der Waals surface area contributed by atoms with Gasteiger partial charge in [0.15, 0.2) is 0 Å². The fourth-order valence-corrected chi connectivity index (χ4v) is 5.23. The summed E-state index contributed by atoms with van der Waals surface area (Å²) >= 11 is 0. The second kappa shape index (κ2) is 7.06. The number of rotatable bonds is 9. The van der Waals surface area contributed by atoms with Gasteiger partial charge in [-0.1, -0.05) is 55.9 Å². The van der Waals surface area contributed by atoms with E-state index in [9.17, 15) is 0 Å². The fourth-order valence-electron chi connectivity index (χ4n) is 2.40. The third-order valence-corrected chi connectivity index (χ3v) is 9.39. The zero-order valence-corrected chi connectivity index (χ0v) is 15.2. The normalized spacial score (nSPS) is 20.1. The molecule has 0 N–H and O–H groups in total. The van der Waals surface area contributed by atoms with E-state index in [1.54, 1.807) is 5.20 Å². The average molecular weight is 297 g/mol. The van der Waals surface area contributed by atoms with Gasteiger partial charge in [0.1, 0.15) is 6.10 Å². The molecule has 1 saturated heterocycles. The zero-order chi connectivity index (χ0) is 15.4. The van der Waals surface area contributed by atoms with Gasteiger partial charge in [0.25, 0.3) is 0 Å². The van der Waals surface area contributed by atoms with Crippen LogP contribution in [0.25, 0.3) is 0 Å². The first-order valence-corrected chi connectivity index (χ1v) is 10.8. The highest BCUT2D eigenvalue weighted by Crippen LogP contribution is 2.31. The Morgan fingerprint density at radius 2 is 1.95 bits per heavy atom. The Morgan fingerprint density at radius 1 is 1.40 bits per heavy atom. The van der Waals surface area contributed by atoms with Crippen molar-refractivity contribution in [2.45, 2.75) is 71.4 Å². The van der Waals surface area contributed by atoms with Gasteiger partial charge >= 0.3 is 0 Å². The van der Waals surface area contributed by atoms with E-state index in [1.165, 1.54) is 17.7 Å². The lowest BCUT2D eigenvalue weighted by atomic mass is 10.1. The molecule has 116 valence electrons. The molecule has 0 radical (unpaired) electrons. The van der Waals surface area contributed by atoms with Crippen molar-refractivity contribution in [2.75, 3.05) is 13.2 Å². The molecule has 0 bridgehead atoms. The Kier molecular flexibility index (Phi) is 6.23. The third kappa shape index (κ3) is 5.55. The summed E-state index contributed by atoms with van der Waals surface area (Å²) in [6.07, 6.45) is 3.73. The topological polar surface area (TPSA) is 21.8 Å². The SMILES string of the molecule is C=C(C)C/C(=C/C(C)(C)OC[C@H]1CO1)[Si](C)(CC)CC. The average Bonchev–Trinajstić information content (AvgIpc) is 3.18. The summed E-state index contributed by atoms with van der Waals surface area (Å²) in [5.74, 6) is 0. The molecule has 1 aliphatic rings. The maximum absolute atomic E-state index is 6.04. The van der Waals surface area contributed by atoms with Gasteiger partial charge in [0.2, 0.25) is 0 Å². The van der Waals surface area contributed by atoms with Crippen LogP contribution >= 0.6 is 0 Å². The minimum atomic E-state index is -1.35. The molecule has 20 heavy (non-hydrogen) atoms. The van der Waals surface area contributed by atoms with E-state index < -0.39 is 8.07 Å². The van der Waals surface area contributed by atoms with Crippen molar-refractivity contribution in [3.63, 3.8) is 0 Å². The standard InChI is InChI=1S/C17H32O2Si/c1-8-20(7,9-2)16(10-14(3)4)11-17(5,6)19-13-15-12-18-15/h11,15H,3,8-10,12-13H2,1-2,4-7H3/b16-11-/t15-/m1/s1. The van der Waals surface area contributed by atoms with Crippen molar-refractivity contribution in [2.24, 2.45) is 0 Å². The lowest BCUT2D eigenvalue weighted by molar-refractivity contribution is 0.0105. The van der Waals surface area contributed by atoms with Crippen LogP contribution in [0.4, 0.5) is 0 Å². The van der Waals surface area contributed by atoms with Crippen LogP contribution in [-0.2, 0) is 9.47 Å². The van der Waals surface area contributed by atoms with E-state index in [2.05, 4.69) is 53.8 Å². The molecule has 0 aromatic carbocycles. The van der Waals surface area contributed by atoms with Crippen molar-refractivity contribution in [1.82, 2.24) is 0 Å². The van der Waals surface area contributed by atoms with E-state index in [4.69, 9.17) is 9.47 Å². The lowest BCUT2D eigenvalue weighted by Gasteiger charge is -2.32. The maximum atomic E-state index is 6.04. The van der Waals surface area contributed by atoms with Crippen LogP contribution in [0.3, 0.4) is 0 Å². The van der Waals surface area contributed by atoms with Gasteiger partial charge in [-0.15, -0.1) is 0 Å². The molecule has 1 aliphatic heterocycles.